The van der Waals surface area contributed by atoms with Crippen LogP contribution in [0.15, 0.2) is 133 Å². The lowest BCUT2D eigenvalue weighted by Gasteiger charge is -2.46. The van der Waals surface area contributed by atoms with Crippen molar-refractivity contribution < 1.29 is 4.11 Å². The fourth-order valence-corrected chi connectivity index (χ4v) is 7.80. The van der Waals surface area contributed by atoms with Crippen molar-refractivity contribution in [2.75, 3.05) is 9.80 Å². The van der Waals surface area contributed by atoms with E-state index in [0.717, 1.165) is 45.3 Å². The standard InChI is InChI=1S/C41H31BN2/c1-26-21-27(2)39(28(3)22-26)42-34-19-11-12-20-35(34)44-37-24-30-14-8-7-13-29(30)23-36(37)43(32-16-5-4-6-17-32)38-25-31-15-9-10-18-33(31)40(42)41(38)44/h4-25H,1-3H3/i1D3. The summed E-state index contributed by atoms with van der Waals surface area (Å²) in [5.74, 6) is 0. The number of fused-ring (bicyclic) bond motifs is 7. The zero-order valence-electron chi connectivity index (χ0n) is 27.7. The van der Waals surface area contributed by atoms with Crippen LogP contribution in [0.5, 0.6) is 0 Å². The Bertz CT molecular complexity index is 2380. The molecule has 208 valence electrons. The number of hydrogen-bond donors (Lipinski definition) is 0. The zero-order chi connectivity index (χ0) is 32.0. The summed E-state index contributed by atoms with van der Waals surface area (Å²) in [6.45, 7) is 1.87. The van der Waals surface area contributed by atoms with Gasteiger partial charge in [0, 0.05) is 15.5 Å². The molecule has 0 aliphatic carbocycles. The molecule has 3 heteroatoms. The molecule has 0 aromatic heterocycles. The van der Waals surface area contributed by atoms with Gasteiger partial charge in [-0.15, -0.1) is 0 Å². The van der Waals surface area contributed by atoms with Gasteiger partial charge >= 0.3 is 0 Å². The van der Waals surface area contributed by atoms with Crippen LogP contribution in [-0.4, -0.2) is 6.71 Å². The van der Waals surface area contributed by atoms with Gasteiger partial charge in [-0.05, 0) is 89.6 Å². The minimum atomic E-state index is -2.17. The Morgan fingerprint density at radius 3 is 1.84 bits per heavy atom. The highest BCUT2D eigenvalue weighted by Crippen LogP contribution is 2.56. The molecule has 0 spiro atoms. The lowest BCUT2D eigenvalue weighted by atomic mass is 9.33. The Morgan fingerprint density at radius 1 is 0.523 bits per heavy atom. The molecule has 44 heavy (non-hydrogen) atoms. The van der Waals surface area contributed by atoms with Gasteiger partial charge in [0.1, 0.15) is 0 Å². The first-order valence-electron chi connectivity index (χ1n) is 16.7. The van der Waals surface area contributed by atoms with Crippen molar-refractivity contribution >= 4 is 78.8 Å². The summed E-state index contributed by atoms with van der Waals surface area (Å²) < 4.78 is 24.5. The van der Waals surface area contributed by atoms with Crippen LogP contribution in [0.3, 0.4) is 0 Å². The van der Waals surface area contributed by atoms with E-state index in [1.165, 1.54) is 37.9 Å². The molecule has 0 atom stereocenters. The lowest BCUT2D eigenvalue weighted by Crippen LogP contribution is -2.59. The first-order chi connectivity index (χ1) is 22.8. The van der Waals surface area contributed by atoms with Crippen LogP contribution in [0.1, 0.15) is 20.8 Å². The van der Waals surface area contributed by atoms with E-state index in [0.29, 0.717) is 5.56 Å². The maximum Gasteiger partial charge on any atom is 0.248 e. The Hall–Kier alpha value is -5.28. The maximum absolute atomic E-state index is 8.16. The van der Waals surface area contributed by atoms with Crippen LogP contribution in [0.4, 0.5) is 34.1 Å². The second kappa shape index (κ2) is 9.36. The van der Waals surface area contributed by atoms with Crippen LogP contribution in [0.2, 0.25) is 0 Å². The number of para-hydroxylation sites is 2. The van der Waals surface area contributed by atoms with Gasteiger partial charge in [0.05, 0.1) is 22.7 Å². The molecular weight excluding hydrogens is 531 g/mol. The Morgan fingerprint density at radius 2 is 1.11 bits per heavy atom. The van der Waals surface area contributed by atoms with Crippen molar-refractivity contribution in [1.29, 1.82) is 0 Å². The van der Waals surface area contributed by atoms with Gasteiger partial charge in [-0.25, -0.2) is 0 Å². The number of anilines is 6. The second-order valence-corrected chi connectivity index (χ2v) is 12.1. The smallest absolute Gasteiger partial charge is 0.248 e. The third kappa shape index (κ3) is 3.50. The third-order valence-corrected chi connectivity index (χ3v) is 9.50. The number of nitrogens with zero attached hydrogens (tertiary/aromatic N) is 2. The molecule has 0 unspecified atom stereocenters. The number of rotatable bonds is 2. The van der Waals surface area contributed by atoms with E-state index in [1.54, 1.807) is 0 Å². The van der Waals surface area contributed by atoms with Crippen LogP contribution >= 0.6 is 0 Å². The van der Waals surface area contributed by atoms with E-state index in [4.69, 9.17) is 4.11 Å². The van der Waals surface area contributed by atoms with Gasteiger partial charge in [0.2, 0.25) is 6.71 Å². The first kappa shape index (κ1) is 22.3. The van der Waals surface area contributed by atoms with Gasteiger partial charge in [0.15, 0.2) is 0 Å². The summed E-state index contributed by atoms with van der Waals surface area (Å²) in [5, 5.41) is 4.76. The van der Waals surface area contributed by atoms with E-state index >= 15 is 0 Å². The minimum absolute atomic E-state index is 0.104. The van der Waals surface area contributed by atoms with E-state index < -0.39 is 6.85 Å². The molecule has 0 bridgehead atoms. The largest absolute Gasteiger partial charge is 0.307 e. The molecule has 0 fully saturated rings. The normalized spacial score (nSPS) is 14.5. The molecular formula is C41H31BN2. The summed E-state index contributed by atoms with van der Waals surface area (Å²) in [6.07, 6.45) is 0. The quantitative estimate of drug-likeness (QED) is 0.193. The summed E-state index contributed by atoms with van der Waals surface area (Å²) in [7, 11) is 0. The highest BCUT2D eigenvalue weighted by atomic mass is 15.3. The molecule has 2 nitrogen and oxygen atoms in total. The van der Waals surface area contributed by atoms with Crippen molar-refractivity contribution in [1.82, 2.24) is 0 Å². The van der Waals surface area contributed by atoms with Crippen LogP contribution in [0.25, 0.3) is 21.5 Å². The van der Waals surface area contributed by atoms with E-state index in [-0.39, 0.29) is 6.71 Å². The Kier molecular flexibility index (Phi) is 4.74. The summed E-state index contributed by atoms with van der Waals surface area (Å²) in [5.41, 5.74) is 12.8. The lowest BCUT2D eigenvalue weighted by molar-refractivity contribution is 1.18. The van der Waals surface area contributed by atoms with Gasteiger partial charge in [-0.3, -0.25) is 0 Å². The van der Waals surface area contributed by atoms with Gasteiger partial charge in [-0.2, -0.15) is 0 Å². The molecule has 0 amide bonds. The molecule has 7 aromatic rings. The van der Waals surface area contributed by atoms with Crippen molar-refractivity contribution in [3.63, 3.8) is 0 Å². The van der Waals surface area contributed by atoms with E-state index in [1.807, 2.05) is 12.1 Å². The average Bonchev–Trinajstić information content (AvgIpc) is 3.07. The zero-order valence-corrected chi connectivity index (χ0v) is 24.7. The average molecular weight is 566 g/mol. The predicted octanol–water partition coefficient (Wildman–Crippen LogP) is 9.00. The molecule has 0 saturated heterocycles. The third-order valence-electron chi connectivity index (χ3n) is 9.50. The molecule has 0 saturated carbocycles. The van der Waals surface area contributed by atoms with Crippen molar-refractivity contribution in [3.05, 3.63) is 150 Å². The van der Waals surface area contributed by atoms with Crippen molar-refractivity contribution in [2.24, 2.45) is 0 Å². The van der Waals surface area contributed by atoms with E-state index in [2.05, 4.69) is 145 Å². The highest BCUT2D eigenvalue weighted by molar-refractivity contribution is 7.00. The van der Waals surface area contributed by atoms with Crippen molar-refractivity contribution in [3.8, 4) is 0 Å². The highest BCUT2D eigenvalue weighted by Gasteiger charge is 2.43. The predicted molar refractivity (Wildman–Crippen MR) is 190 cm³/mol. The summed E-state index contributed by atoms with van der Waals surface area (Å²) >= 11 is 0. The molecule has 0 radical (unpaired) electrons. The Labute approximate surface area is 263 Å². The number of aryl methyl sites for hydroxylation is 3. The molecule has 7 aromatic carbocycles. The molecule has 2 heterocycles. The molecule has 2 aliphatic heterocycles. The van der Waals surface area contributed by atoms with Crippen LogP contribution in [0, 0.1) is 20.7 Å². The number of hydrogen-bond acceptors (Lipinski definition) is 2. The SMILES string of the molecule is [2H]C([2H])([2H])c1cc(C)c(B2c3ccccc3N3c4cc5ccccc5cc4N(c4ccccc4)c4cc5ccccc5c2c43)c(C)c1. The van der Waals surface area contributed by atoms with Gasteiger partial charge in [0.25, 0.3) is 0 Å². The summed E-state index contributed by atoms with van der Waals surface area (Å²) in [4.78, 5) is 4.90. The number of benzene rings is 7. The van der Waals surface area contributed by atoms with Crippen LogP contribution < -0.4 is 26.2 Å². The first-order valence-corrected chi connectivity index (χ1v) is 15.2. The monoisotopic (exact) mass is 565 g/mol. The molecule has 9 rings (SSSR count). The fourth-order valence-electron chi connectivity index (χ4n) is 7.80. The van der Waals surface area contributed by atoms with Crippen molar-refractivity contribution in [2.45, 2.75) is 20.7 Å². The van der Waals surface area contributed by atoms with Gasteiger partial charge in [-0.1, -0.05) is 119 Å². The van der Waals surface area contributed by atoms with E-state index in [9.17, 15) is 0 Å². The fraction of sp³-hybridized carbons (Fsp3) is 0.0732. The Balaban J connectivity index is 1.45. The molecule has 2 aliphatic rings. The van der Waals surface area contributed by atoms with Gasteiger partial charge < -0.3 is 9.80 Å². The topological polar surface area (TPSA) is 6.48 Å². The second-order valence-electron chi connectivity index (χ2n) is 12.1. The van der Waals surface area contributed by atoms with Crippen LogP contribution in [-0.2, 0) is 0 Å². The minimum Gasteiger partial charge on any atom is -0.307 e. The maximum atomic E-state index is 8.16. The molecule has 0 N–H and O–H groups in total. The summed E-state index contributed by atoms with van der Waals surface area (Å²) in [6, 6.07) is 47.4.